The first-order valence-electron chi connectivity index (χ1n) is 10.3. The van der Waals surface area contributed by atoms with E-state index in [0.29, 0.717) is 0 Å². The number of hydrogen-bond acceptors (Lipinski definition) is 11. The van der Waals surface area contributed by atoms with E-state index in [9.17, 15) is 24.4 Å². The summed E-state index contributed by atoms with van der Waals surface area (Å²) in [5.74, 6) is -0.657. The number of aliphatic hydroxyl groups excluding tert-OH is 2. The molecule has 0 bridgehead atoms. The van der Waals surface area contributed by atoms with E-state index in [0.717, 1.165) is 11.8 Å². The lowest BCUT2D eigenvalue weighted by Gasteiger charge is -2.22. The average molecular weight is 510 g/mol. The van der Waals surface area contributed by atoms with Crippen LogP contribution in [0.2, 0.25) is 0 Å². The summed E-state index contributed by atoms with van der Waals surface area (Å²) >= 11 is 1.14. The number of carbonyl (C=O) groups excluding carboxylic acids is 1. The molecule has 5 atom stereocenters. The highest BCUT2D eigenvalue weighted by Crippen LogP contribution is 2.47. The number of carbonyl (C=O) groups is 1. The number of thioether (sulfide) groups is 1. The van der Waals surface area contributed by atoms with Crippen molar-refractivity contribution in [3.8, 4) is 5.88 Å². The molecule has 1 saturated heterocycles. The van der Waals surface area contributed by atoms with Gasteiger partial charge in [-0.2, -0.15) is 4.98 Å². The van der Waals surface area contributed by atoms with Gasteiger partial charge in [0.1, 0.15) is 11.5 Å². The average Bonchev–Trinajstić information content (AvgIpc) is 3.35. The lowest BCUT2D eigenvalue weighted by molar-refractivity contribution is -0.118. The molecule has 3 aromatic heterocycles. The van der Waals surface area contributed by atoms with Gasteiger partial charge in [-0.3, -0.25) is 29.0 Å². The molecule has 1 fully saturated rings. The number of nitrogens with zero attached hydrogens (tertiary/aromatic N) is 4. The minimum absolute atomic E-state index is 0.00113. The predicted octanol–water partition coefficient (Wildman–Crippen LogP) is 0.930. The molecule has 4 rings (SSSR count). The summed E-state index contributed by atoms with van der Waals surface area (Å²) < 4.78 is 24.8. The number of aromatic amines is 1. The standard InChI is InChI=1S/C19H23N6O7PS/c1-9(2)16(28)23-19-22-15-12(17(29)24-19)21-8-25(15)18-14(13(27)10(7-26)34-18)32-33(30)31-11-5-3-4-6-20-11/h3-6,8-10,13-14,18,26-27,33H,7H2,1-2H3,(H2,22,23,24,28,29)/t10-,13-,14?,18-/m1/s1. The number of rotatable bonds is 8. The Labute approximate surface area is 197 Å². The zero-order valence-corrected chi connectivity index (χ0v) is 19.9. The Morgan fingerprint density at radius 2 is 2.18 bits per heavy atom. The number of pyridine rings is 1. The van der Waals surface area contributed by atoms with Gasteiger partial charge in [0.2, 0.25) is 17.7 Å². The first kappa shape index (κ1) is 24.4. The van der Waals surface area contributed by atoms with Crippen LogP contribution in [0.5, 0.6) is 5.88 Å². The zero-order chi connectivity index (χ0) is 24.4. The Balaban J connectivity index is 1.65. The van der Waals surface area contributed by atoms with Crippen molar-refractivity contribution in [2.45, 2.75) is 36.7 Å². The molecule has 3 aromatic rings. The maximum Gasteiger partial charge on any atom is 0.369 e. The lowest BCUT2D eigenvalue weighted by Crippen LogP contribution is -2.34. The molecule has 4 N–H and O–H groups in total. The highest BCUT2D eigenvalue weighted by atomic mass is 32.2. The summed E-state index contributed by atoms with van der Waals surface area (Å²) in [4.78, 5) is 39.4. The van der Waals surface area contributed by atoms with E-state index in [2.05, 4.69) is 25.3 Å². The summed E-state index contributed by atoms with van der Waals surface area (Å²) in [6, 6.07) is 4.83. The Morgan fingerprint density at radius 3 is 2.85 bits per heavy atom. The molecule has 0 aromatic carbocycles. The number of aliphatic hydroxyl groups is 2. The van der Waals surface area contributed by atoms with Crippen LogP contribution in [0.25, 0.3) is 11.2 Å². The van der Waals surface area contributed by atoms with E-state index in [4.69, 9.17) is 9.05 Å². The van der Waals surface area contributed by atoms with Crippen LogP contribution in [-0.4, -0.2) is 64.7 Å². The summed E-state index contributed by atoms with van der Waals surface area (Å²) in [6.07, 6.45) is 0.495. The zero-order valence-electron chi connectivity index (χ0n) is 18.1. The van der Waals surface area contributed by atoms with Crippen molar-refractivity contribution in [1.82, 2.24) is 24.5 Å². The van der Waals surface area contributed by atoms with Gasteiger partial charge in [0.15, 0.2) is 11.2 Å². The van der Waals surface area contributed by atoms with Crippen molar-refractivity contribution in [3.05, 3.63) is 41.1 Å². The summed E-state index contributed by atoms with van der Waals surface area (Å²) in [5.41, 5.74) is -0.458. The van der Waals surface area contributed by atoms with Crippen LogP contribution in [0.15, 0.2) is 35.5 Å². The fourth-order valence-corrected chi connectivity index (χ4v) is 5.63. The monoisotopic (exact) mass is 510 g/mol. The normalized spacial score (nSPS) is 23.3. The molecule has 0 spiro atoms. The van der Waals surface area contributed by atoms with Gasteiger partial charge in [-0.05, 0) is 6.07 Å². The first-order chi connectivity index (χ1) is 16.3. The molecule has 15 heteroatoms. The number of fused-ring (bicyclic) bond motifs is 1. The maximum atomic E-state index is 12.6. The van der Waals surface area contributed by atoms with Crippen LogP contribution in [0.1, 0.15) is 19.2 Å². The van der Waals surface area contributed by atoms with Crippen molar-refractivity contribution in [2.75, 3.05) is 11.9 Å². The van der Waals surface area contributed by atoms with Crippen molar-refractivity contribution in [1.29, 1.82) is 0 Å². The topological polar surface area (TPSA) is 182 Å². The molecule has 1 amide bonds. The number of imidazole rings is 1. The second-order valence-corrected chi connectivity index (χ2v) is 10.0. The quantitative estimate of drug-likeness (QED) is 0.316. The molecule has 0 aliphatic carbocycles. The number of anilines is 1. The van der Waals surface area contributed by atoms with E-state index >= 15 is 0 Å². The first-order valence-corrected chi connectivity index (χ1v) is 12.5. The van der Waals surface area contributed by atoms with E-state index in [1.807, 2.05) is 0 Å². The molecule has 13 nitrogen and oxygen atoms in total. The van der Waals surface area contributed by atoms with Gasteiger partial charge in [-0.15, -0.1) is 11.8 Å². The van der Waals surface area contributed by atoms with Gasteiger partial charge >= 0.3 is 8.25 Å². The predicted molar refractivity (Wildman–Crippen MR) is 124 cm³/mol. The molecule has 182 valence electrons. The molecular formula is C19H23N6O7PS. The van der Waals surface area contributed by atoms with Crippen LogP contribution in [0.3, 0.4) is 0 Å². The smallest absolute Gasteiger partial charge is 0.369 e. The Kier molecular flexibility index (Phi) is 7.33. The molecule has 0 radical (unpaired) electrons. The lowest BCUT2D eigenvalue weighted by atomic mass is 10.1. The number of amides is 1. The largest absolute Gasteiger partial charge is 0.408 e. The van der Waals surface area contributed by atoms with E-state index < -0.39 is 36.6 Å². The van der Waals surface area contributed by atoms with Crippen LogP contribution in [0, 0.1) is 5.92 Å². The number of H-pyrrole nitrogens is 1. The minimum atomic E-state index is -3.15. The summed E-state index contributed by atoms with van der Waals surface area (Å²) in [7, 11) is -3.15. The minimum Gasteiger partial charge on any atom is -0.408 e. The number of nitrogens with one attached hydrogen (secondary N) is 2. The molecule has 1 aliphatic heterocycles. The fourth-order valence-electron chi connectivity index (χ4n) is 3.28. The summed E-state index contributed by atoms with van der Waals surface area (Å²) in [5, 5.41) is 21.5. The molecule has 0 saturated carbocycles. The van der Waals surface area contributed by atoms with Gasteiger partial charge < -0.3 is 14.7 Å². The molecular weight excluding hydrogens is 487 g/mol. The van der Waals surface area contributed by atoms with Crippen molar-refractivity contribution >= 4 is 43.0 Å². The van der Waals surface area contributed by atoms with Crippen LogP contribution in [0.4, 0.5) is 5.95 Å². The van der Waals surface area contributed by atoms with Gasteiger partial charge in [-0.25, -0.2) is 14.5 Å². The van der Waals surface area contributed by atoms with E-state index in [1.165, 1.54) is 23.2 Å². The maximum absolute atomic E-state index is 12.6. The van der Waals surface area contributed by atoms with Crippen LogP contribution in [-0.2, 0) is 13.9 Å². The highest BCUT2D eigenvalue weighted by molar-refractivity contribution is 8.00. The third kappa shape index (κ3) is 5.00. The Bertz CT molecular complexity index is 1250. The second kappa shape index (κ2) is 10.2. The van der Waals surface area contributed by atoms with Crippen molar-refractivity contribution in [3.63, 3.8) is 0 Å². The third-order valence-electron chi connectivity index (χ3n) is 5.02. The van der Waals surface area contributed by atoms with E-state index in [1.54, 1.807) is 26.0 Å². The van der Waals surface area contributed by atoms with Crippen LogP contribution >= 0.6 is 20.0 Å². The Hall–Kier alpha value is -2.77. The Morgan fingerprint density at radius 1 is 1.38 bits per heavy atom. The van der Waals surface area contributed by atoms with Gasteiger partial charge in [0, 0.05) is 18.2 Å². The number of hydrogen-bond donors (Lipinski definition) is 4. The molecule has 1 aliphatic rings. The molecule has 34 heavy (non-hydrogen) atoms. The molecule has 2 unspecified atom stereocenters. The third-order valence-corrected chi connectivity index (χ3v) is 7.42. The van der Waals surface area contributed by atoms with Crippen LogP contribution < -0.4 is 15.4 Å². The van der Waals surface area contributed by atoms with Gasteiger partial charge in [0.25, 0.3) is 5.56 Å². The van der Waals surface area contributed by atoms with Crippen molar-refractivity contribution < 1.29 is 28.6 Å². The second-order valence-electron chi connectivity index (χ2n) is 7.72. The highest BCUT2D eigenvalue weighted by Gasteiger charge is 2.46. The van der Waals surface area contributed by atoms with E-state index in [-0.39, 0.29) is 41.4 Å². The molecule has 4 heterocycles. The SMILES string of the molecule is CC(C)C(=O)Nc1nc2c(ncn2[C@@H]2S[C@H](CO)[C@@H](O)C2O[PH](=O)Oc2ccccn2)c(=O)[nH]1. The number of aromatic nitrogens is 5. The van der Waals surface area contributed by atoms with Gasteiger partial charge in [-0.1, -0.05) is 19.9 Å². The fraction of sp³-hybridized carbons (Fsp3) is 0.421. The van der Waals surface area contributed by atoms with Crippen molar-refractivity contribution in [2.24, 2.45) is 5.92 Å². The van der Waals surface area contributed by atoms with Gasteiger partial charge in [0.05, 0.1) is 24.3 Å². The summed E-state index contributed by atoms with van der Waals surface area (Å²) in [6.45, 7) is 3.01.